The molecule has 0 aliphatic heterocycles. The topological polar surface area (TPSA) is 38.3 Å². The van der Waals surface area contributed by atoms with E-state index in [9.17, 15) is 4.79 Å². The van der Waals surface area contributed by atoms with Crippen LogP contribution in [0.4, 0.5) is 0 Å². The molecule has 0 aromatic heterocycles. The number of rotatable bonds is 6. The number of benzene rings is 1. The summed E-state index contributed by atoms with van der Waals surface area (Å²) < 4.78 is 5.48. The summed E-state index contributed by atoms with van der Waals surface area (Å²) in [5, 5.41) is 2.80. The van der Waals surface area contributed by atoms with Crippen molar-refractivity contribution in [1.82, 2.24) is 5.32 Å². The third-order valence-corrected chi connectivity index (χ3v) is 2.21. The summed E-state index contributed by atoms with van der Waals surface area (Å²) in [7, 11) is 0. The molecule has 3 heteroatoms. The van der Waals surface area contributed by atoms with Gasteiger partial charge in [-0.15, -0.1) is 0 Å². The Bertz CT molecular complexity index is 393. The van der Waals surface area contributed by atoms with Crippen LogP contribution >= 0.6 is 0 Å². The first kappa shape index (κ1) is 14.3. The Hall–Kier alpha value is -1.77. The molecule has 0 atom stereocenters. The van der Waals surface area contributed by atoms with Crippen molar-refractivity contribution in [3.05, 3.63) is 35.9 Å². The Morgan fingerprint density at radius 3 is 2.56 bits per heavy atom. The predicted octanol–water partition coefficient (Wildman–Crippen LogP) is 3.01. The van der Waals surface area contributed by atoms with Crippen LogP contribution in [0.3, 0.4) is 0 Å². The highest BCUT2D eigenvalue weighted by molar-refractivity contribution is 5.91. The maximum atomic E-state index is 11.4. The van der Waals surface area contributed by atoms with Gasteiger partial charge in [-0.25, -0.2) is 0 Å². The van der Waals surface area contributed by atoms with Crippen LogP contribution in [0, 0.1) is 0 Å². The Morgan fingerprint density at radius 1 is 1.33 bits per heavy atom. The van der Waals surface area contributed by atoms with E-state index in [2.05, 4.69) is 12.2 Å². The lowest BCUT2D eigenvalue weighted by Crippen LogP contribution is -2.28. The SMILES string of the molecule is CCCOc1ccc(/C=C\C(=O)NC(C)C)cc1. The fraction of sp³-hybridized carbons (Fsp3) is 0.400. The fourth-order valence-electron chi connectivity index (χ4n) is 1.40. The van der Waals surface area contributed by atoms with E-state index >= 15 is 0 Å². The highest BCUT2D eigenvalue weighted by atomic mass is 16.5. The van der Waals surface area contributed by atoms with Crippen LogP contribution in [-0.4, -0.2) is 18.6 Å². The van der Waals surface area contributed by atoms with Gasteiger partial charge in [0.15, 0.2) is 0 Å². The minimum atomic E-state index is -0.0729. The molecule has 0 unspecified atom stereocenters. The van der Waals surface area contributed by atoms with Crippen molar-refractivity contribution in [2.45, 2.75) is 33.2 Å². The van der Waals surface area contributed by atoms with Gasteiger partial charge in [0.1, 0.15) is 5.75 Å². The molecule has 0 radical (unpaired) electrons. The lowest BCUT2D eigenvalue weighted by atomic mass is 10.2. The zero-order valence-electron chi connectivity index (χ0n) is 11.3. The summed E-state index contributed by atoms with van der Waals surface area (Å²) >= 11 is 0. The molecule has 0 heterocycles. The third-order valence-electron chi connectivity index (χ3n) is 2.21. The van der Waals surface area contributed by atoms with E-state index in [1.165, 1.54) is 0 Å². The molecule has 0 saturated carbocycles. The van der Waals surface area contributed by atoms with Crippen LogP contribution in [-0.2, 0) is 4.79 Å². The van der Waals surface area contributed by atoms with E-state index in [4.69, 9.17) is 4.74 Å². The largest absolute Gasteiger partial charge is 0.494 e. The minimum Gasteiger partial charge on any atom is -0.494 e. The Morgan fingerprint density at radius 2 is 2.00 bits per heavy atom. The van der Waals surface area contributed by atoms with E-state index in [0.717, 1.165) is 24.3 Å². The van der Waals surface area contributed by atoms with Crippen LogP contribution in [0.25, 0.3) is 6.08 Å². The number of hydrogen-bond acceptors (Lipinski definition) is 2. The van der Waals surface area contributed by atoms with Gasteiger partial charge in [0.2, 0.25) is 5.91 Å². The van der Waals surface area contributed by atoms with Gasteiger partial charge in [0.05, 0.1) is 6.61 Å². The highest BCUT2D eigenvalue weighted by Gasteiger charge is 1.97. The molecular weight excluding hydrogens is 226 g/mol. The zero-order chi connectivity index (χ0) is 13.4. The second kappa shape index (κ2) is 7.54. The summed E-state index contributed by atoms with van der Waals surface area (Å²) in [5.41, 5.74) is 0.984. The van der Waals surface area contributed by atoms with Crippen molar-refractivity contribution in [3.8, 4) is 5.75 Å². The Kier molecular flexibility index (Phi) is 5.98. The standard InChI is InChI=1S/C15H21NO2/c1-4-11-18-14-8-5-13(6-9-14)7-10-15(17)16-12(2)3/h5-10,12H,4,11H2,1-3H3,(H,16,17)/b10-7-. The molecule has 98 valence electrons. The summed E-state index contributed by atoms with van der Waals surface area (Å²) in [6.45, 7) is 6.67. The van der Waals surface area contributed by atoms with Gasteiger partial charge in [-0.2, -0.15) is 0 Å². The normalized spacial score (nSPS) is 10.9. The number of nitrogens with one attached hydrogen (secondary N) is 1. The highest BCUT2D eigenvalue weighted by Crippen LogP contribution is 2.13. The van der Waals surface area contributed by atoms with Gasteiger partial charge in [0.25, 0.3) is 0 Å². The van der Waals surface area contributed by atoms with Gasteiger partial charge in [-0.1, -0.05) is 19.1 Å². The molecule has 0 bridgehead atoms. The van der Waals surface area contributed by atoms with Crippen molar-refractivity contribution in [2.24, 2.45) is 0 Å². The summed E-state index contributed by atoms with van der Waals surface area (Å²) in [4.78, 5) is 11.4. The van der Waals surface area contributed by atoms with Gasteiger partial charge in [0, 0.05) is 12.1 Å². The van der Waals surface area contributed by atoms with Crippen molar-refractivity contribution in [3.63, 3.8) is 0 Å². The van der Waals surface area contributed by atoms with E-state index in [1.807, 2.05) is 38.1 Å². The van der Waals surface area contributed by atoms with Gasteiger partial charge in [-0.3, -0.25) is 4.79 Å². The summed E-state index contributed by atoms with van der Waals surface area (Å²) in [6.07, 6.45) is 4.33. The van der Waals surface area contributed by atoms with Crippen molar-refractivity contribution in [1.29, 1.82) is 0 Å². The first-order valence-corrected chi connectivity index (χ1v) is 6.33. The fourth-order valence-corrected chi connectivity index (χ4v) is 1.40. The molecule has 1 amide bonds. The molecule has 1 aromatic rings. The maximum Gasteiger partial charge on any atom is 0.244 e. The Balaban J connectivity index is 2.52. The molecular formula is C15H21NO2. The van der Waals surface area contributed by atoms with E-state index in [-0.39, 0.29) is 11.9 Å². The zero-order valence-corrected chi connectivity index (χ0v) is 11.3. The summed E-state index contributed by atoms with van der Waals surface area (Å²) in [6, 6.07) is 7.85. The third kappa shape index (κ3) is 5.53. The van der Waals surface area contributed by atoms with Crippen molar-refractivity contribution >= 4 is 12.0 Å². The lowest BCUT2D eigenvalue weighted by Gasteiger charge is -2.05. The van der Waals surface area contributed by atoms with E-state index < -0.39 is 0 Å². The number of carbonyl (C=O) groups is 1. The van der Waals surface area contributed by atoms with Crippen molar-refractivity contribution in [2.75, 3.05) is 6.61 Å². The van der Waals surface area contributed by atoms with Crippen LogP contribution in [0.2, 0.25) is 0 Å². The van der Waals surface area contributed by atoms with Crippen molar-refractivity contribution < 1.29 is 9.53 Å². The molecule has 3 nitrogen and oxygen atoms in total. The quantitative estimate of drug-likeness (QED) is 0.785. The maximum absolute atomic E-state index is 11.4. The van der Waals surface area contributed by atoms with Crippen LogP contribution in [0.15, 0.2) is 30.3 Å². The lowest BCUT2D eigenvalue weighted by molar-refractivity contribution is -0.116. The first-order chi connectivity index (χ1) is 8.61. The smallest absolute Gasteiger partial charge is 0.244 e. The molecule has 1 N–H and O–H groups in total. The van der Waals surface area contributed by atoms with Crippen LogP contribution in [0.5, 0.6) is 5.75 Å². The number of hydrogen-bond donors (Lipinski definition) is 1. The molecule has 0 fully saturated rings. The van der Waals surface area contributed by atoms with Gasteiger partial charge >= 0.3 is 0 Å². The first-order valence-electron chi connectivity index (χ1n) is 6.33. The molecule has 0 aliphatic rings. The molecule has 1 aromatic carbocycles. The summed E-state index contributed by atoms with van der Waals surface area (Å²) in [5.74, 6) is 0.789. The second-order valence-corrected chi connectivity index (χ2v) is 4.41. The number of ether oxygens (including phenoxy) is 1. The van der Waals surface area contributed by atoms with Crippen LogP contribution in [0.1, 0.15) is 32.8 Å². The van der Waals surface area contributed by atoms with Crippen LogP contribution < -0.4 is 10.1 Å². The number of carbonyl (C=O) groups excluding carboxylic acids is 1. The Labute approximate surface area is 109 Å². The predicted molar refractivity (Wildman–Crippen MR) is 74.5 cm³/mol. The van der Waals surface area contributed by atoms with E-state index in [0.29, 0.717) is 0 Å². The number of amides is 1. The average Bonchev–Trinajstić information content (AvgIpc) is 2.34. The molecule has 0 saturated heterocycles. The minimum absolute atomic E-state index is 0.0729. The van der Waals surface area contributed by atoms with E-state index in [1.54, 1.807) is 12.2 Å². The molecule has 18 heavy (non-hydrogen) atoms. The molecule has 0 aliphatic carbocycles. The monoisotopic (exact) mass is 247 g/mol. The molecule has 1 rings (SSSR count). The molecule has 0 spiro atoms. The van der Waals surface area contributed by atoms with Gasteiger partial charge in [-0.05, 0) is 44.0 Å². The average molecular weight is 247 g/mol. The second-order valence-electron chi connectivity index (χ2n) is 4.41. The van der Waals surface area contributed by atoms with Gasteiger partial charge < -0.3 is 10.1 Å².